The molecule has 0 rings (SSSR count). The second kappa shape index (κ2) is 3.86. The molecule has 0 aliphatic heterocycles. The van der Waals surface area contributed by atoms with Gasteiger partial charge in [-0.3, -0.25) is 0 Å². The van der Waals surface area contributed by atoms with E-state index in [1.807, 2.05) is 0 Å². The monoisotopic (exact) mass is 77.0 g/mol. The minimum absolute atomic E-state index is 1.47. The Labute approximate surface area is 37.9 Å². The molecule has 0 saturated carbocycles. The summed E-state index contributed by atoms with van der Waals surface area (Å²) in [6.45, 7) is 0. The molecule has 0 aromatic heterocycles. The highest BCUT2D eigenvalue weighted by Crippen LogP contribution is 1.59. The molecule has 0 heterocycles. The number of allylic oxidation sites excluding steroid dienone is 2. The van der Waals surface area contributed by atoms with Gasteiger partial charge in [0.25, 0.3) is 0 Å². The van der Waals surface area contributed by atoms with Crippen LogP contribution in [0.5, 0.6) is 0 Å². The topological polar surface area (TPSA) is 0 Å². The van der Waals surface area contributed by atoms with Crippen LogP contribution in [0.15, 0.2) is 12.2 Å². The van der Waals surface area contributed by atoms with Gasteiger partial charge < -0.3 is 0 Å². The van der Waals surface area contributed by atoms with Crippen LogP contribution in [0.3, 0.4) is 0 Å². The third-order valence-corrected chi connectivity index (χ3v) is 0.276. The van der Waals surface area contributed by atoms with E-state index in [-0.39, 0.29) is 0 Å². The predicted molar refractivity (Wildman–Crippen MR) is 26.8 cm³/mol. The molecule has 0 fully saturated rings. The summed E-state index contributed by atoms with van der Waals surface area (Å²) in [4.78, 5) is 0. The Hall–Kier alpha value is -1.14. The Kier molecular flexibility index (Phi) is 3.13. The summed E-state index contributed by atoms with van der Waals surface area (Å²) in [6, 6.07) is 0. The SMILES string of the molecule is C#C/C=[13CH]\C#C. The predicted octanol–water partition coefficient (Wildman–Crippen LogP) is 0.809. The second-order valence-electron chi connectivity index (χ2n) is 0.667. The lowest BCUT2D eigenvalue weighted by atomic mass is 10.7. The molecule has 0 nitrogen and oxygen atoms in total. The molecule has 6 heavy (non-hydrogen) atoms. The van der Waals surface area contributed by atoms with Crippen LogP contribution in [0.25, 0.3) is 0 Å². The summed E-state index contributed by atoms with van der Waals surface area (Å²) in [5, 5.41) is 0. The van der Waals surface area contributed by atoms with Crippen LogP contribution in [0.4, 0.5) is 0 Å². The van der Waals surface area contributed by atoms with Gasteiger partial charge in [0.15, 0.2) is 0 Å². The normalized spacial score (nSPS) is 7.00. The molecule has 28 valence electrons. The van der Waals surface area contributed by atoms with E-state index in [2.05, 4.69) is 11.8 Å². The maximum Gasteiger partial charge on any atom is -0.00380 e. The first-order chi connectivity index (χ1) is 2.91. The van der Waals surface area contributed by atoms with E-state index in [9.17, 15) is 0 Å². The van der Waals surface area contributed by atoms with Gasteiger partial charge in [-0.05, 0) is 12.2 Å². The van der Waals surface area contributed by atoms with Crippen molar-refractivity contribution >= 4 is 0 Å². The van der Waals surface area contributed by atoms with Crippen LogP contribution < -0.4 is 0 Å². The van der Waals surface area contributed by atoms with Crippen molar-refractivity contribution in [3.63, 3.8) is 0 Å². The highest BCUT2D eigenvalue weighted by molar-refractivity contribution is 5.19. The highest BCUT2D eigenvalue weighted by atomic mass is 13.9. The van der Waals surface area contributed by atoms with Crippen molar-refractivity contribution in [2.45, 2.75) is 0 Å². The maximum absolute atomic E-state index is 4.78. The molecule has 0 atom stereocenters. The zero-order chi connectivity index (χ0) is 4.83. The van der Waals surface area contributed by atoms with Crippen LogP contribution in [0, 0.1) is 24.7 Å². The van der Waals surface area contributed by atoms with Crippen LogP contribution in [0.1, 0.15) is 0 Å². The Balaban J connectivity index is 3.36. The van der Waals surface area contributed by atoms with E-state index >= 15 is 0 Å². The van der Waals surface area contributed by atoms with Crippen molar-refractivity contribution in [3.05, 3.63) is 12.2 Å². The van der Waals surface area contributed by atoms with Crippen molar-refractivity contribution in [1.82, 2.24) is 0 Å². The average molecular weight is 77.1 g/mol. The van der Waals surface area contributed by atoms with E-state index < -0.39 is 0 Å². The largest absolute Gasteiger partial charge is 0.115 e. The number of hydrogen-bond acceptors (Lipinski definition) is 0. The van der Waals surface area contributed by atoms with Gasteiger partial charge in [0.1, 0.15) is 0 Å². The molecule has 0 aliphatic rings. The molecule has 0 saturated heterocycles. The van der Waals surface area contributed by atoms with Gasteiger partial charge in [-0.15, -0.1) is 12.8 Å². The fourth-order valence-corrected chi connectivity index (χ4v) is 0.0962. The van der Waals surface area contributed by atoms with Gasteiger partial charge in [0.05, 0.1) is 0 Å². The minimum atomic E-state index is 1.47. The molecule has 0 aliphatic carbocycles. The fourth-order valence-electron chi connectivity index (χ4n) is 0.0962. The number of rotatable bonds is 0. The average Bonchev–Trinajstić information content (AvgIpc) is 1.61. The van der Waals surface area contributed by atoms with Gasteiger partial charge in [-0.25, -0.2) is 0 Å². The molecule has 0 N–H and O–H groups in total. The van der Waals surface area contributed by atoms with Crippen molar-refractivity contribution in [2.75, 3.05) is 0 Å². The molecule has 0 bridgehead atoms. The second-order valence-corrected chi connectivity index (χ2v) is 0.667. The van der Waals surface area contributed by atoms with E-state index in [0.717, 1.165) is 0 Å². The first-order valence-corrected chi connectivity index (χ1v) is 1.49. The Morgan fingerprint density at radius 2 is 1.33 bits per heavy atom. The maximum atomic E-state index is 4.78. The molecule has 0 amide bonds. The van der Waals surface area contributed by atoms with Crippen LogP contribution in [-0.4, -0.2) is 0 Å². The zero-order valence-electron chi connectivity index (χ0n) is 3.31. The molecule has 0 radical (unpaired) electrons. The van der Waals surface area contributed by atoms with Gasteiger partial charge in [0.2, 0.25) is 0 Å². The zero-order valence-corrected chi connectivity index (χ0v) is 3.31. The summed E-state index contributed by atoms with van der Waals surface area (Å²) in [5.74, 6) is 4.49. The fraction of sp³-hybridized carbons (Fsp3) is 0. The first-order valence-electron chi connectivity index (χ1n) is 1.49. The van der Waals surface area contributed by atoms with Gasteiger partial charge in [-0.2, -0.15) is 0 Å². The molecular formula is C6H4. The minimum Gasteiger partial charge on any atom is -0.115 e. The lowest BCUT2D eigenvalue weighted by Gasteiger charge is -1.53. The Bertz CT molecular complexity index is 100.0. The van der Waals surface area contributed by atoms with Crippen molar-refractivity contribution in [3.8, 4) is 24.7 Å². The smallest absolute Gasteiger partial charge is 0.00380 e. The molecule has 0 spiro atoms. The first kappa shape index (κ1) is 4.86. The third kappa shape index (κ3) is 2.86. The quantitative estimate of drug-likeness (QED) is 0.296. The molecular weight excluding hydrogens is 73.1 g/mol. The lowest BCUT2D eigenvalue weighted by Crippen LogP contribution is -1.41. The van der Waals surface area contributed by atoms with E-state index in [0.29, 0.717) is 0 Å². The van der Waals surface area contributed by atoms with E-state index in [1.54, 1.807) is 0 Å². The van der Waals surface area contributed by atoms with Crippen molar-refractivity contribution < 1.29 is 0 Å². The number of terminal acetylenes is 2. The standard InChI is InChI=1S/C6H4/c1-3-5-6-4-2/h1-2,5-6H/b6-5-/i5+1. The summed E-state index contributed by atoms with van der Waals surface area (Å²) >= 11 is 0. The van der Waals surface area contributed by atoms with Crippen LogP contribution >= 0.6 is 0 Å². The summed E-state index contributed by atoms with van der Waals surface area (Å²) in [7, 11) is 0. The summed E-state index contributed by atoms with van der Waals surface area (Å²) in [6.07, 6.45) is 12.5. The third-order valence-electron chi connectivity index (χ3n) is 0.276. The molecule has 0 unspecified atom stereocenters. The molecule has 0 heteroatoms. The van der Waals surface area contributed by atoms with Crippen molar-refractivity contribution in [1.29, 1.82) is 0 Å². The molecule has 0 aromatic carbocycles. The summed E-state index contributed by atoms with van der Waals surface area (Å²) in [5.41, 5.74) is 0. The Morgan fingerprint density at radius 3 is 1.50 bits per heavy atom. The Morgan fingerprint density at radius 1 is 1.00 bits per heavy atom. The van der Waals surface area contributed by atoms with Gasteiger partial charge in [0, 0.05) is 0 Å². The van der Waals surface area contributed by atoms with Gasteiger partial charge >= 0.3 is 0 Å². The van der Waals surface area contributed by atoms with Crippen LogP contribution in [-0.2, 0) is 0 Å². The number of hydrogen-bond donors (Lipinski definition) is 0. The van der Waals surface area contributed by atoms with Crippen molar-refractivity contribution in [2.24, 2.45) is 0 Å². The van der Waals surface area contributed by atoms with Gasteiger partial charge in [-0.1, -0.05) is 11.8 Å². The van der Waals surface area contributed by atoms with E-state index in [1.165, 1.54) is 12.2 Å². The van der Waals surface area contributed by atoms with E-state index in [4.69, 9.17) is 12.8 Å². The molecule has 0 aromatic rings. The van der Waals surface area contributed by atoms with Crippen LogP contribution in [0.2, 0.25) is 0 Å². The lowest BCUT2D eigenvalue weighted by molar-refractivity contribution is 2.16. The summed E-state index contributed by atoms with van der Waals surface area (Å²) < 4.78 is 0. The highest BCUT2D eigenvalue weighted by Gasteiger charge is 1.46.